The van der Waals surface area contributed by atoms with Crippen LogP contribution < -0.4 is 10.1 Å². The highest BCUT2D eigenvalue weighted by Crippen LogP contribution is 2.26. The highest BCUT2D eigenvalue weighted by Gasteiger charge is 2.29. The second-order valence-electron chi connectivity index (χ2n) is 4.06. The maximum Gasteiger partial charge on any atom is 0.218 e. The lowest BCUT2D eigenvalue weighted by molar-refractivity contribution is 0.00292. The smallest absolute Gasteiger partial charge is 0.218 e. The molecule has 0 aromatic carbocycles. The Morgan fingerprint density at radius 3 is 2.82 bits per heavy atom. The standard InChI is InChI=1S/C12H19N3O2/c1-3-16-10-5-9(6-10)15-11-7-12(17-4-2)14-8-13-11/h7-10H,3-6H2,1-2H3,(H,13,14,15). The Bertz CT molecular complexity index is 353. The van der Waals surface area contributed by atoms with Crippen molar-refractivity contribution >= 4 is 5.82 Å². The van der Waals surface area contributed by atoms with Gasteiger partial charge in [0.15, 0.2) is 0 Å². The summed E-state index contributed by atoms with van der Waals surface area (Å²) in [5.74, 6) is 1.44. The first kappa shape index (κ1) is 12.1. The summed E-state index contributed by atoms with van der Waals surface area (Å²) >= 11 is 0. The van der Waals surface area contributed by atoms with Crippen LogP contribution in [-0.4, -0.2) is 35.3 Å². The van der Waals surface area contributed by atoms with Crippen LogP contribution in [0.2, 0.25) is 0 Å². The van der Waals surface area contributed by atoms with Crippen molar-refractivity contribution in [2.45, 2.75) is 38.8 Å². The summed E-state index contributed by atoms with van der Waals surface area (Å²) in [6.07, 6.45) is 4.01. The predicted molar refractivity (Wildman–Crippen MR) is 65.3 cm³/mol. The lowest BCUT2D eigenvalue weighted by Gasteiger charge is -2.35. The number of hydrogen-bond donors (Lipinski definition) is 1. The molecule has 0 atom stereocenters. The quantitative estimate of drug-likeness (QED) is 0.818. The number of nitrogens with zero attached hydrogens (tertiary/aromatic N) is 2. The number of ether oxygens (including phenoxy) is 2. The zero-order valence-corrected chi connectivity index (χ0v) is 10.3. The van der Waals surface area contributed by atoms with Gasteiger partial charge in [0, 0.05) is 18.7 Å². The molecule has 1 saturated carbocycles. The van der Waals surface area contributed by atoms with E-state index in [2.05, 4.69) is 15.3 Å². The fraction of sp³-hybridized carbons (Fsp3) is 0.667. The van der Waals surface area contributed by atoms with Gasteiger partial charge in [-0.2, -0.15) is 0 Å². The molecule has 1 aromatic rings. The molecule has 1 N–H and O–H groups in total. The molecule has 1 fully saturated rings. The number of rotatable bonds is 6. The van der Waals surface area contributed by atoms with Crippen LogP contribution in [0.15, 0.2) is 12.4 Å². The van der Waals surface area contributed by atoms with Gasteiger partial charge < -0.3 is 14.8 Å². The van der Waals surface area contributed by atoms with Gasteiger partial charge in [-0.3, -0.25) is 0 Å². The van der Waals surface area contributed by atoms with E-state index in [1.54, 1.807) is 0 Å². The Morgan fingerprint density at radius 1 is 1.29 bits per heavy atom. The first-order valence-electron chi connectivity index (χ1n) is 6.14. The van der Waals surface area contributed by atoms with Crippen LogP contribution in [0.5, 0.6) is 5.88 Å². The Balaban J connectivity index is 1.81. The van der Waals surface area contributed by atoms with Crippen molar-refractivity contribution in [1.82, 2.24) is 9.97 Å². The number of nitrogens with one attached hydrogen (secondary N) is 1. The second-order valence-corrected chi connectivity index (χ2v) is 4.06. The van der Waals surface area contributed by atoms with Gasteiger partial charge in [-0.15, -0.1) is 0 Å². The lowest BCUT2D eigenvalue weighted by atomic mass is 9.89. The molecule has 2 rings (SSSR count). The summed E-state index contributed by atoms with van der Waals surface area (Å²) in [5, 5.41) is 3.35. The van der Waals surface area contributed by atoms with Crippen molar-refractivity contribution < 1.29 is 9.47 Å². The molecule has 0 radical (unpaired) electrons. The molecule has 1 aliphatic rings. The van der Waals surface area contributed by atoms with Crippen molar-refractivity contribution in [2.75, 3.05) is 18.5 Å². The van der Waals surface area contributed by atoms with E-state index < -0.39 is 0 Å². The Kier molecular flexibility index (Phi) is 4.14. The van der Waals surface area contributed by atoms with E-state index in [4.69, 9.17) is 9.47 Å². The largest absolute Gasteiger partial charge is 0.478 e. The molecule has 1 aromatic heterocycles. The second kappa shape index (κ2) is 5.82. The average Bonchev–Trinajstić information content (AvgIpc) is 2.27. The SMILES string of the molecule is CCOc1cc(NC2CC(OCC)C2)ncn1. The minimum absolute atomic E-state index is 0.408. The van der Waals surface area contributed by atoms with Gasteiger partial charge in [0.1, 0.15) is 12.1 Å². The van der Waals surface area contributed by atoms with Gasteiger partial charge in [-0.05, 0) is 26.7 Å². The van der Waals surface area contributed by atoms with E-state index >= 15 is 0 Å². The molecule has 94 valence electrons. The number of hydrogen-bond acceptors (Lipinski definition) is 5. The molecular formula is C12H19N3O2. The van der Waals surface area contributed by atoms with Crippen LogP contribution >= 0.6 is 0 Å². The molecule has 17 heavy (non-hydrogen) atoms. The van der Waals surface area contributed by atoms with Gasteiger partial charge in [-0.25, -0.2) is 9.97 Å². The first-order chi connectivity index (χ1) is 8.31. The molecule has 1 heterocycles. The molecule has 0 saturated heterocycles. The normalized spacial score (nSPS) is 22.9. The van der Waals surface area contributed by atoms with E-state index in [-0.39, 0.29) is 0 Å². The van der Waals surface area contributed by atoms with Crippen molar-refractivity contribution in [3.63, 3.8) is 0 Å². The molecule has 5 heteroatoms. The van der Waals surface area contributed by atoms with Gasteiger partial charge >= 0.3 is 0 Å². The molecule has 0 bridgehead atoms. The number of aromatic nitrogens is 2. The molecule has 0 aliphatic heterocycles. The summed E-state index contributed by atoms with van der Waals surface area (Å²) in [6.45, 7) is 5.37. The zero-order chi connectivity index (χ0) is 12.1. The van der Waals surface area contributed by atoms with E-state index in [1.807, 2.05) is 19.9 Å². The van der Waals surface area contributed by atoms with E-state index in [9.17, 15) is 0 Å². The summed E-state index contributed by atoms with van der Waals surface area (Å²) in [4.78, 5) is 8.20. The van der Waals surface area contributed by atoms with Gasteiger partial charge in [0.2, 0.25) is 5.88 Å². The summed E-state index contributed by atoms with van der Waals surface area (Å²) in [7, 11) is 0. The van der Waals surface area contributed by atoms with Gasteiger partial charge in [-0.1, -0.05) is 0 Å². The molecule has 0 unspecified atom stereocenters. The maximum atomic E-state index is 5.51. The average molecular weight is 237 g/mol. The maximum absolute atomic E-state index is 5.51. The van der Waals surface area contributed by atoms with Crippen LogP contribution in [0.4, 0.5) is 5.82 Å². The van der Waals surface area contributed by atoms with Crippen LogP contribution in [0.25, 0.3) is 0 Å². The fourth-order valence-corrected chi connectivity index (χ4v) is 1.91. The topological polar surface area (TPSA) is 56.3 Å². The third-order valence-electron chi connectivity index (χ3n) is 2.78. The van der Waals surface area contributed by atoms with Crippen molar-refractivity contribution in [3.05, 3.63) is 12.4 Å². The van der Waals surface area contributed by atoms with E-state index in [0.717, 1.165) is 25.3 Å². The molecule has 1 aliphatic carbocycles. The Morgan fingerprint density at radius 2 is 2.12 bits per heavy atom. The summed E-state index contributed by atoms with van der Waals surface area (Å²) in [5.41, 5.74) is 0. The van der Waals surface area contributed by atoms with Crippen LogP contribution in [0, 0.1) is 0 Å². The minimum atomic E-state index is 0.408. The number of anilines is 1. The third-order valence-corrected chi connectivity index (χ3v) is 2.78. The fourth-order valence-electron chi connectivity index (χ4n) is 1.91. The van der Waals surface area contributed by atoms with Gasteiger partial charge in [0.05, 0.1) is 12.7 Å². The minimum Gasteiger partial charge on any atom is -0.478 e. The Labute approximate surface area is 102 Å². The summed E-state index contributed by atoms with van der Waals surface area (Å²) < 4.78 is 10.8. The van der Waals surface area contributed by atoms with E-state index in [0.29, 0.717) is 24.6 Å². The Hall–Kier alpha value is -1.36. The summed E-state index contributed by atoms with van der Waals surface area (Å²) in [6, 6.07) is 2.29. The molecule has 0 spiro atoms. The lowest BCUT2D eigenvalue weighted by Crippen LogP contribution is -2.41. The zero-order valence-electron chi connectivity index (χ0n) is 10.3. The van der Waals surface area contributed by atoms with Crippen molar-refractivity contribution in [3.8, 4) is 5.88 Å². The highest BCUT2D eigenvalue weighted by atomic mass is 16.5. The molecular weight excluding hydrogens is 218 g/mol. The van der Waals surface area contributed by atoms with Gasteiger partial charge in [0.25, 0.3) is 0 Å². The monoisotopic (exact) mass is 237 g/mol. The molecule has 0 amide bonds. The van der Waals surface area contributed by atoms with E-state index in [1.165, 1.54) is 6.33 Å². The first-order valence-corrected chi connectivity index (χ1v) is 6.14. The van der Waals surface area contributed by atoms with Crippen LogP contribution in [0.1, 0.15) is 26.7 Å². The highest BCUT2D eigenvalue weighted by molar-refractivity contribution is 5.38. The van der Waals surface area contributed by atoms with Crippen molar-refractivity contribution in [2.24, 2.45) is 0 Å². The van der Waals surface area contributed by atoms with Crippen LogP contribution in [-0.2, 0) is 4.74 Å². The third kappa shape index (κ3) is 3.30. The van der Waals surface area contributed by atoms with Crippen molar-refractivity contribution in [1.29, 1.82) is 0 Å². The molecule has 5 nitrogen and oxygen atoms in total. The predicted octanol–water partition coefficient (Wildman–Crippen LogP) is 1.85. The van der Waals surface area contributed by atoms with Crippen LogP contribution in [0.3, 0.4) is 0 Å².